The molecule has 0 aliphatic heterocycles. The fourth-order valence-corrected chi connectivity index (χ4v) is 2.74. The summed E-state index contributed by atoms with van der Waals surface area (Å²) in [6.07, 6.45) is -5.89. The van der Waals surface area contributed by atoms with Gasteiger partial charge in [-0.3, -0.25) is 5.41 Å². The molecule has 1 atom stereocenters. The fourth-order valence-electron chi connectivity index (χ4n) is 1.32. The van der Waals surface area contributed by atoms with Gasteiger partial charge in [0.05, 0.1) is 11.6 Å². The maximum absolute atomic E-state index is 11.9. The lowest BCUT2D eigenvalue weighted by atomic mass is 10.2. The van der Waals surface area contributed by atoms with E-state index in [9.17, 15) is 21.6 Å². The summed E-state index contributed by atoms with van der Waals surface area (Å²) in [4.78, 5) is 0. The molecule has 9 heteroatoms. The summed E-state index contributed by atoms with van der Waals surface area (Å²) < 4.78 is 60.1. The average Bonchev–Trinajstić information content (AvgIpc) is 2.12. The van der Waals surface area contributed by atoms with E-state index in [1.54, 1.807) is 6.92 Å². The second-order valence-corrected chi connectivity index (χ2v) is 6.28. The van der Waals surface area contributed by atoms with E-state index < -0.39 is 40.8 Å². The van der Waals surface area contributed by atoms with Gasteiger partial charge >= 0.3 is 6.18 Å². The summed E-state index contributed by atoms with van der Waals surface area (Å²) in [6, 6.07) is -0.543. The Hall–Kier alpha value is -0.830. The van der Waals surface area contributed by atoms with Gasteiger partial charge in [0.2, 0.25) is 10.0 Å². The van der Waals surface area contributed by atoms with Crippen LogP contribution in [-0.4, -0.2) is 43.6 Å². The zero-order valence-electron chi connectivity index (χ0n) is 10.3. The Morgan fingerprint density at radius 3 is 2.33 bits per heavy atom. The molecule has 0 saturated heterocycles. The second-order valence-electron chi connectivity index (χ2n) is 4.13. The van der Waals surface area contributed by atoms with E-state index in [0.717, 1.165) is 4.31 Å². The molecule has 0 aromatic rings. The third-order valence-electron chi connectivity index (χ3n) is 2.44. The highest BCUT2D eigenvalue weighted by Crippen LogP contribution is 2.22. The van der Waals surface area contributed by atoms with E-state index >= 15 is 0 Å². The van der Waals surface area contributed by atoms with Crippen molar-refractivity contribution < 1.29 is 21.6 Å². The minimum absolute atomic E-state index is 0.0506. The molecule has 0 radical (unpaired) electrons. The predicted octanol–water partition coefficient (Wildman–Crippen LogP) is 1.31. The number of sulfonamides is 1. The Balaban J connectivity index is 4.40. The molecule has 0 aromatic heterocycles. The number of hydrogen-bond acceptors (Lipinski definition) is 3. The van der Waals surface area contributed by atoms with E-state index in [1.165, 1.54) is 7.05 Å². The molecule has 0 aliphatic rings. The normalized spacial score (nSPS) is 14.8. The fraction of sp³-hybridized carbons (Fsp3) is 0.889. The van der Waals surface area contributed by atoms with Gasteiger partial charge in [-0.2, -0.15) is 13.2 Å². The van der Waals surface area contributed by atoms with E-state index in [4.69, 9.17) is 11.1 Å². The molecule has 0 heterocycles. The molecule has 3 N–H and O–H groups in total. The Morgan fingerprint density at radius 1 is 1.44 bits per heavy atom. The van der Waals surface area contributed by atoms with Gasteiger partial charge in [-0.15, -0.1) is 0 Å². The monoisotopic (exact) mass is 289 g/mol. The number of rotatable bonds is 7. The molecule has 0 rings (SSSR count). The maximum atomic E-state index is 11.9. The Morgan fingerprint density at radius 2 is 1.94 bits per heavy atom. The SMILES string of the molecule is CC(CC(=N)N)N(C)S(=O)(=O)CCCC(F)(F)F. The van der Waals surface area contributed by atoms with Crippen LogP contribution in [0.15, 0.2) is 0 Å². The number of hydrogen-bond donors (Lipinski definition) is 2. The largest absolute Gasteiger partial charge is 0.389 e. The molecule has 0 spiro atoms. The van der Waals surface area contributed by atoms with E-state index in [1.807, 2.05) is 0 Å². The number of nitrogens with one attached hydrogen (secondary N) is 1. The van der Waals surface area contributed by atoms with Crippen molar-refractivity contribution >= 4 is 15.9 Å². The first-order chi connectivity index (χ1) is 7.96. The van der Waals surface area contributed by atoms with Crippen LogP contribution in [0.25, 0.3) is 0 Å². The first-order valence-corrected chi connectivity index (χ1v) is 6.92. The van der Waals surface area contributed by atoms with Crippen LogP contribution in [0.3, 0.4) is 0 Å². The molecule has 18 heavy (non-hydrogen) atoms. The van der Waals surface area contributed by atoms with Gasteiger partial charge < -0.3 is 5.73 Å². The van der Waals surface area contributed by atoms with Crippen LogP contribution in [0.1, 0.15) is 26.2 Å². The summed E-state index contributed by atoms with van der Waals surface area (Å²) in [6.45, 7) is 1.54. The van der Waals surface area contributed by atoms with Gasteiger partial charge in [0.15, 0.2) is 0 Å². The lowest BCUT2D eigenvalue weighted by Crippen LogP contribution is -2.39. The highest BCUT2D eigenvalue weighted by Gasteiger charge is 2.29. The highest BCUT2D eigenvalue weighted by atomic mass is 32.2. The van der Waals surface area contributed by atoms with Crippen LogP contribution in [0.5, 0.6) is 0 Å². The number of amidine groups is 1. The quantitative estimate of drug-likeness (QED) is 0.547. The van der Waals surface area contributed by atoms with Crippen molar-refractivity contribution in [1.82, 2.24) is 4.31 Å². The molecule has 0 amide bonds. The second kappa shape index (κ2) is 6.37. The van der Waals surface area contributed by atoms with Crippen LogP contribution in [-0.2, 0) is 10.0 Å². The third kappa shape index (κ3) is 6.80. The molecular formula is C9H18F3N3O2S. The minimum atomic E-state index is -4.35. The third-order valence-corrected chi connectivity index (χ3v) is 4.48. The van der Waals surface area contributed by atoms with Crippen molar-refractivity contribution in [2.24, 2.45) is 5.73 Å². The smallest absolute Gasteiger partial charge is 0.388 e. The van der Waals surface area contributed by atoms with Crippen molar-refractivity contribution in [3.8, 4) is 0 Å². The Bertz CT molecular complexity index is 381. The van der Waals surface area contributed by atoms with E-state index in [2.05, 4.69) is 0 Å². The molecule has 0 fully saturated rings. The summed E-state index contributed by atoms with van der Waals surface area (Å²) >= 11 is 0. The first kappa shape index (κ1) is 17.2. The van der Waals surface area contributed by atoms with Crippen LogP contribution in [0.4, 0.5) is 13.2 Å². The van der Waals surface area contributed by atoms with Gasteiger partial charge in [0.25, 0.3) is 0 Å². The van der Waals surface area contributed by atoms with Crippen molar-refractivity contribution in [3.05, 3.63) is 0 Å². The standard InChI is InChI=1S/C9H18F3N3O2S/c1-7(6-8(13)14)15(2)18(16,17)5-3-4-9(10,11)12/h7H,3-6H2,1-2H3,(H3,13,14). The molecule has 0 saturated carbocycles. The van der Waals surface area contributed by atoms with Crippen molar-refractivity contribution in [2.75, 3.05) is 12.8 Å². The molecule has 0 aromatic carbocycles. The van der Waals surface area contributed by atoms with E-state index in [0.29, 0.717) is 0 Å². The van der Waals surface area contributed by atoms with Crippen molar-refractivity contribution in [2.45, 2.75) is 38.4 Å². The highest BCUT2D eigenvalue weighted by molar-refractivity contribution is 7.89. The van der Waals surface area contributed by atoms with Gasteiger partial charge in [0.1, 0.15) is 0 Å². The lowest BCUT2D eigenvalue weighted by Gasteiger charge is -2.23. The maximum Gasteiger partial charge on any atom is 0.389 e. The summed E-state index contributed by atoms with van der Waals surface area (Å²) in [5.41, 5.74) is 5.14. The number of nitrogens with two attached hydrogens (primary N) is 1. The Labute approximate surface area is 105 Å². The average molecular weight is 289 g/mol. The number of halogens is 3. The molecular weight excluding hydrogens is 271 g/mol. The first-order valence-electron chi connectivity index (χ1n) is 5.31. The van der Waals surface area contributed by atoms with Gasteiger partial charge in [-0.05, 0) is 13.3 Å². The van der Waals surface area contributed by atoms with Gasteiger partial charge in [0, 0.05) is 25.9 Å². The van der Waals surface area contributed by atoms with Gasteiger partial charge in [-0.1, -0.05) is 0 Å². The summed E-state index contributed by atoms with van der Waals surface area (Å²) in [7, 11) is -2.47. The van der Waals surface area contributed by atoms with Crippen molar-refractivity contribution in [1.29, 1.82) is 5.41 Å². The molecule has 0 aliphatic carbocycles. The molecule has 1 unspecified atom stereocenters. The lowest BCUT2D eigenvalue weighted by molar-refractivity contribution is -0.134. The Kier molecular flexibility index (Phi) is 6.08. The number of alkyl halides is 3. The molecule has 0 bridgehead atoms. The predicted molar refractivity (Wildman–Crippen MR) is 62.8 cm³/mol. The zero-order chi connectivity index (χ0) is 14.6. The minimum Gasteiger partial charge on any atom is -0.388 e. The topological polar surface area (TPSA) is 87.2 Å². The zero-order valence-corrected chi connectivity index (χ0v) is 11.1. The summed E-state index contributed by atoms with van der Waals surface area (Å²) in [5.74, 6) is -0.731. The number of nitrogens with zero attached hydrogens (tertiary/aromatic N) is 1. The molecule has 108 valence electrons. The van der Waals surface area contributed by atoms with Crippen molar-refractivity contribution in [3.63, 3.8) is 0 Å². The van der Waals surface area contributed by atoms with E-state index in [-0.39, 0.29) is 12.3 Å². The van der Waals surface area contributed by atoms with Crippen LogP contribution >= 0.6 is 0 Å². The van der Waals surface area contributed by atoms with Crippen LogP contribution in [0, 0.1) is 5.41 Å². The summed E-state index contributed by atoms with van der Waals surface area (Å²) in [5, 5.41) is 7.05. The van der Waals surface area contributed by atoms with Gasteiger partial charge in [-0.25, -0.2) is 12.7 Å². The van der Waals surface area contributed by atoms with Crippen LogP contribution < -0.4 is 5.73 Å². The molecule has 5 nitrogen and oxygen atoms in total. The van der Waals surface area contributed by atoms with Crippen LogP contribution in [0.2, 0.25) is 0 Å².